The van der Waals surface area contributed by atoms with Crippen LogP contribution < -0.4 is 4.74 Å². The number of esters is 1. The van der Waals surface area contributed by atoms with Crippen LogP contribution in [0.5, 0.6) is 11.5 Å². The zero-order valence-electron chi connectivity index (χ0n) is 10.8. The molecule has 1 aromatic rings. The molecule has 0 amide bonds. The number of rotatable bonds is 4. The van der Waals surface area contributed by atoms with E-state index in [0.29, 0.717) is 28.7 Å². The van der Waals surface area contributed by atoms with Crippen LogP contribution in [-0.2, 0) is 9.53 Å². The Morgan fingerprint density at radius 2 is 2.37 bits per heavy atom. The van der Waals surface area contributed by atoms with Crippen LogP contribution in [0.4, 0.5) is 0 Å². The van der Waals surface area contributed by atoms with Crippen molar-refractivity contribution in [3.8, 4) is 11.5 Å². The molecular weight excluding hydrogens is 266 g/mol. The Balaban J connectivity index is 2.24. The maximum Gasteiger partial charge on any atom is 0.331 e. The molecule has 2 rings (SSSR count). The quantitative estimate of drug-likeness (QED) is 0.853. The summed E-state index contributed by atoms with van der Waals surface area (Å²) in [4.78, 5) is 15.9. The smallest absolute Gasteiger partial charge is 0.331 e. The number of carbonyl (C=O) groups is 1. The lowest BCUT2D eigenvalue weighted by molar-refractivity contribution is -0.143. The topological polar surface area (TPSA) is 68.1 Å². The summed E-state index contributed by atoms with van der Waals surface area (Å²) in [5.74, 6) is 0.638. The summed E-state index contributed by atoms with van der Waals surface area (Å²) in [6, 6.07) is 4.69. The molecule has 0 radical (unpaired) electrons. The number of benzene rings is 1. The van der Waals surface area contributed by atoms with Gasteiger partial charge in [0.15, 0.2) is 17.5 Å². The van der Waals surface area contributed by atoms with E-state index >= 15 is 0 Å². The van der Waals surface area contributed by atoms with E-state index in [1.165, 1.54) is 18.9 Å². The van der Waals surface area contributed by atoms with Crippen LogP contribution in [0.25, 0.3) is 0 Å². The number of carbonyl (C=O) groups excluding carboxylic acids is 1. The number of thioether (sulfide) groups is 1. The third-order valence-corrected chi connectivity index (χ3v) is 3.74. The SMILES string of the molecule is CCOC(=O)[C@H]1CSC(c2cccc(OC)c2O)=N1. The van der Waals surface area contributed by atoms with Gasteiger partial charge in [-0.2, -0.15) is 0 Å². The highest BCUT2D eigenvalue weighted by Gasteiger charge is 2.28. The van der Waals surface area contributed by atoms with Gasteiger partial charge < -0.3 is 14.6 Å². The first-order valence-corrected chi connectivity index (χ1v) is 6.89. The fourth-order valence-corrected chi connectivity index (χ4v) is 2.79. The Kier molecular flexibility index (Phi) is 4.31. The van der Waals surface area contributed by atoms with Crippen molar-refractivity contribution in [3.63, 3.8) is 0 Å². The highest BCUT2D eigenvalue weighted by molar-refractivity contribution is 8.14. The van der Waals surface area contributed by atoms with Crippen LogP contribution in [0.3, 0.4) is 0 Å². The second-order valence-corrected chi connectivity index (χ2v) is 4.88. The van der Waals surface area contributed by atoms with Crippen LogP contribution in [0.1, 0.15) is 12.5 Å². The first kappa shape index (κ1) is 13.7. The second-order valence-electron chi connectivity index (χ2n) is 3.87. The molecule has 0 aromatic heterocycles. The van der Waals surface area contributed by atoms with E-state index < -0.39 is 6.04 Å². The summed E-state index contributed by atoms with van der Waals surface area (Å²) < 4.78 is 9.99. The Morgan fingerprint density at radius 1 is 1.58 bits per heavy atom. The van der Waals surface area contributed by atoms with E-state index in [2.05, 4.69) is 4.99 Å². The lowest BCUT2D eigenvalue weighted by atomic mass is 10.2. The Labute approximate surface area is 115 Å². The van der Waals surface area contributed by atoms with Crippen molar-refractivity contribution in [2.45, 2.75) is 13.0 Å². The largest absolute Gasteiger partial charge is 0.504 e. The molecule has 0 bridgehead atoms. The maximum absolute atomic E-state index is 11.6. The Morgan fingerprint density at radius 3 is 3.05 bits per heavy atom. The molecule has 1 aliphatic heterocycles. The summed E-state index contributed by atoms with van der Waals surface area (Å²) in [5, 5.41) is 10.7. The van der Waals surface area contributed by atoms with E-state index in [4.69, 9.17) is 9.47 Å². The number of hydrogen-bond donors (Lipinski definition) is 1. The zero-order valence-corrected chi connectivity index (χ0v) is 11.6. The minimum Gasteiger partial charge on any atom is -0.504 e. The van der Waals surface area contributed by atoms with E-state index in [9.17, 15) is 9.90 Å². The van der Waals surface area contributed by atoms with Crippen LogP contribution in [0.15, 0.2) is 23.2 Å². The van der Waals surface area contributed by atoms with Gasteiger partial charge in [-0.1, -0.05) is 6.07 Å². The van der Waals surface area contributed by atoms with E-state index in [0.717, 1.165) is 0 Å². The lowest BCUT2D eigenvalue weighted by Gasteiger charge is -2.07. The normalized spacial score (nSPS) is 18.0. The van der Waals surface area contributed by atoms with Crippen LogP contribution >= 0.6 is 11.8 Å². The minimum absolute atomic E-state index is 0.0424. The molecular formula is C13H15NO4S. The maximum atomic E-state index is 11.6. The first-order chi connectivity index (χ1) is 9.17. The van der Waals surface area contributed by atoms with Gasteiger partial charge in [0.25, 0.3) is 0 Å². The van der Waals surface area contributed by atoms with E-state index in [-0.39, 0.29) is 11.7 Å². The molecule has 19 heavy (non-hydrogen) atoms. The van der Waals surface area contributed by atoms with Gasteiger partial charge in [0.2, 0.25) is 0 Å². The average molecular weight is 281 g/mol. The number of nitrogens with zero attached hydrogens (tertiary/aromatic N) is 1. The van der Waals surface area contributed by atoms with E-state index in [1.807, 2.05) is 0 Å². The minimum atomic E-state index is -0.495. The molecule has 0 fully saturated rings. The number of phenols is 1. The summed E-state index contributed by atoms with van der Waals surface area (Å²) in [5.41, 5.74) is 0.580. The van der Waals surface area contributed by atoms with Crippen molar-refractivity contribution < 1.29 is 19.4 Å². The third-order valence-electron chi connectivity index (χ3n) is 2.66. The molecule has 1 atom stereocenters. The highest BCUT2D eigenvalue weighted by atomic mass is 32.2. The van der Waals surface area contributed by atoms with Gasteiger partial charge in [-0.05, 0) is 19.1 Å². The molecule has 0 saturated heterocycles. The highest BCUT2D eigenvalue weighted by Crippen LogP contribution is 2.34. The van der Waals surface area contributed by atoms with Gasteiger partial charge >= 0.3 is 5.97 Å². The van der Waals surface area contributed by atoms with Crippen molar-refractivity contribution in [2.75, 3.05) is 19.5 Å². The van der Waals surface area contributed by atoms with Crippen molar-refractivity contribution in [3.05, 3.63) is 23.8 Å². The third kappa shape index (κ3) is 2.84. The first-order valence-electron chi connectivity index (χ1n) is 5.91. The fourth-order valence-electron chi connectivity index (χ4n) is 1.74. The van der Waals surface area contributed by atoms with Gasteiger partial charge in [0.1, 0.15) is 5.04 Å². The van der Waals surface area contributed by atoms with Gasteiger partial charge in [0, 0.05) is 5.75 Å². The summed E-state index contributed by atoms with van der Waals surface area (Å²) in [7, 11) is 1.49. The molecule has 1 N–H and O–H groups in total. The van der Waals surface area contributed by atoms with Crippen molar-refractivity contribution >= 4 is 22.8 Å². The standard InChI is InChI=1S/C13H15NO4S/c1-3-18-13(16)9-7-19-12(14-9)8-5-4-6-10(17-2)11(8)15/h4-6,9,15H,3,7H2,1-2H3/t9-/m1/s1. The number of aromatic hydroxyl groups is 1. The molecule has 1 aromatic carbocycles. The summed E-state index contributed by atoms with van der Waals surface area (Å²) >= 11 is 1.42. The van der Waals surface area contributed by atoms with Crippen molar-refractivity contribution in [1.29, 1.82) is 0 Å². The Hall–Kier alpha value is -1.69. The molecule has 1 heterocycles. The zero-order chi connectivity index (χ0) is 13.8. The molecule has 5 nitrogen and oxygen atoms in total. The lowest BCUT2D eigenvalue weighted by Crippen LogP contribution is -2.21. The van der Waals surface area contributed by atoms with Gasteiger partial charge in [-0.3, -0.25) is 4.99 Å². The van der Waals surface area contributed by atoms with E-state index in [1.54, 1.807) is 25.1 Å². The molecule has 0 unspecified atom stereocenters. The predicted octanol–water partition coefficient (Wildman–Crippen LogP) is 1.83. The number of hydrogen-bond acceptors (Lipinski definition) is 6. The van der Waals surface area contributed by atoms with Gasteiger partial charge in [-0.25, -0.2) is 4.79 Å². The molecule has 6 heteroatoms. The number of para-hydroxylation sites is 1. The molecule has 0 spiro atoms. The molecule has 102 valence electrons. The number of ether oxygens (including phenoxy) is 2. The van der Waals surface area contributed by atoms with Crippen molar-refractivity contribution in [2.24, 2.45) is 4.99 Å². The van der Waals surface area contributed by atoms with Crippen LogP contribution in [-0.4, -0.2) is 41.6 Å². The van der Waals surface area contributed by atoms with Crippen LogP contribution in [0.2, 0.25) is 0 Å². The van der Waals surface area contributed by atoms with Gasteiger partial charge in [0.05, 0.1) is 19.3 Å². The van der Waals surface area contributed by atoms with Crippen molar-refractivity contribution in [1.82, 2.24) is 0 Å². The van der Waals surface area contributed by atoms with Crippen LogP contribution in [0, 0.1) is 0 Å². The molecule has 0 aliphatic carbocycles. The molecule has 1 aliphatic rings. The predicted molar refractivity (Wildman–Crippen MR) is 74.1 cm³/mol. The van der Waals surface area contributed by atoms with Gasteiger partial charge in [-0.15, -0.1) is 11.8 Å². The number of methoxy groups -OCH3 is 1. The average Bonchev–Trinajstić information content (AvgIpc) is 2.89. The summed E-state index contributed by atoms with van der Waals surface area (Å²) in [6.45, 7) is 2.10. The molecule has 0 saturated carbocycles. The summed E-state index contributed by atoms with van der Waals surface area (Å²) in [6.07, 6.45) is 0. The number of aliphatic imine (C=N–C) groups is 1. The Bertz CT molecular complexity index is 515. The second kappa shape index (κ2) is 5.97. The monoisotopic (exact) mass is 281 g/mol. The number of phenolic OH excluding ortho intramolecular Hbond substituents is 1. The fraction of sp³-hybridized carbons (Fsp3) is 0.385.